The average Bonchev–Trinajstić information content (AvgIpc) is 3.08. The lowest BCUT2D eigenvalue weighted by atomic mass is 9.97. The number of nitrogens with zero attached hydrogens (tertiary/aromatic N) is 3. The molecule has 0 saturated carbocycles. The molecule has 0 bridgehead atoms. The van der Waals surface area contributed by atoms with E-state index in [0.29, 0.717) is 28.3 Å². The van der Waals surface area contributed by atoms with E-state index in [1.54, 1.807) is 19.1 Å². The zero-order valence-electron chi connectivity index (χ0n) is 17.7. The van der Waals surface area contributed by atoms with Gasteiger partial charge in [0.25, 0.3) is 5.91 Å². The van der Waals surface area contributed by atoms with Crippen LogP contribution in [-0.4, -0.2) is 26.3 Å². The highest BCUT2D eigenvalue weighted by molar-refractivity contribution is 6.08. The summed E-state index contributed by atoms with van der Waals surface area (Å²) in [4.78, 5) is 32.0. The summed E-state index contributed by atoms with van der Waals surface area (Å²) in [7, 11) is 1.90. The number of carbonyl (C=O) groups excluding carboxylic acids is 2. The van der Waals surface area contributed by atoms with Crippen LogP contribution in [0.1, 0.15) is 17.3 Å². The largest absolute Gasteiger partial charge is 0.383 e. The van der Waals surface area contributed by atoms with Gasteiger partial charge in [0.1, 0.15) is 17.8 Å². The normalized spacial score (nSPS) is 10.8. The summed E-state index contributed by atoms with van der Waals surface area (Å²) in [6, 6.07) is 14.5. The van der Waals surface area contributed by atoms with Crippen molar-refractivity contribution in [3.05, 3.63) is 72.6 Å². The molecule has 2 aromatic heterocycles. The Morgan fingerprint density at radius 2 is 1.62 bits per heavy atom. The van der Waals surface area contributed by atoms with Crippen molar-refractivity contribution in [2.24, 2.45) is 12.8 Å². The molecule has 4 rings (SSSR count). The van der Waals surface area contributed by atoms with Crippen LogP contribution >= 0.6 is 0 Å². The monoisotopic (exact) mass is 426 g/mol. The lowest BCUT2D eigenvalue weighted by molar-refractivity contribution is -0.112. The number of nitrogen functional groups attached to an aromatic ring is 1. The molecule has 0 saturated heterocycles. The molecule has 0 fully saturated rings. The molecule has 5 N–H and O–H groups in total. The molecule has 8 nitrogen and oxygen atoms in total. The average molecular weight is 426 g/mol. The molecule has 160 valence electrons. The van der Waals surface area contributed by atoms with Gasteiger partial charge >= 0.3 is 0 Å². The predicted octanol–water partition coefficient (Wildman–Crippen LogP) is 3.50. The molecule has 2 aromatic carbocycles. The quantitative estimate of drug-likeness (QED) is 0.421. The Kier molecular flexibility index (Phi) is 5.19. The Morgan fingerprint density at radius 3 is 2.22 bits per heavy atom. The highest BCUT2D eigenvalue weighted by atomic mass is 16.2. The highest BCUT2D eigenvalue weighted by Gasteiger charge is 2.22. The van der Waals surface area contributed by atoms with E-state index in [2.05, 4.69) is 21.9 Å². The molecular weight excluding hydrogens is 404 g/mol. The third-order valence-electron chi connectivity index (χ3n) is 5.26. The number of hydrogen-bond acceptors (Lipinski definition) is 5. The number of rotatable bonds is 5. The number of primary amides is 1. The lowest BCUT2D eigenvalue weighted by Crippen LogP contribution is -2.11. The van der Waals surface area contributed by atoms with Crippen LogP contribution in [-0.2, 0) is 11.8 Å². The molecule has 2 amide bonds. The first-order chi connectivity index (χ1) is 15.3. The van der Waals surface area contributed by atoms with E-state index in [1.807, 2.05) is 48.0 Å². The zero-order valence-corrected chi connectivity index (χ0v) is 17.7. The molecule has 8 heteroatoms. The van der Waals surface area contributed by atoms with Crippen LogP contribution in [0.25, 0.3) is 33.4 Å². The minimum absolute atomic E-state index is 0.236. The fourth-order valence-corrected chi connectivity index (χ4v) is 3.65. The number of nitrogens with two attached hydrogens (primary N) is 2. The number of benzene rings is 2. The fraction of sp³-hybridized carbons (Fsp3) is 0.0833. The molecule has 0 atom stereocenters. The first-order valence-electron chi connectivity index (χ1n) is 9.84. The molecule has 0 spiro atoms. The van der Waals surface area contributed by atoms with Gasteiger partial charge in [-0.3, -0.25) is 9.59 Å². The van der Waals surface area contributed by atoms with E-state index < -0.39 is 5.91 Å². The third-order valence-corrected chi connectivity index (χ3v) is 5.26. The minimum atomic E-state index is -0.495. The first-order valence-corrected chi connectivity index (χ1v) is 9.84. The Bertz CT molecular complexity index is 1370. The summed E-state index contributed by atoms with van der Waals surface area (Å²) in [6.07, 6.45) is 1.43. The van der Waals surface area contributed by atoms with Crippen LogP contribution < -0.4 is 16.8 Å². The Balaban J connectivity index is 1.90. The van der Waals surface area contributed by atoms with Crippen LogP contribution in [0.2, 0.25) is 0 Å². The smallest absolute Gasteiger partial charge is 0.250 e. The summed E-state index contributed by atoms with van der Waals surface area (Å²) in [6.45, 7) is 5.31. The predicted molar refractivity (Wildman–Crippen MR) is 126 cm³/mol. The van der Waals surface area contributed by atoms with Crippen molar-refractivity contribution in [2.45, 2.75) is 6.92 Å². The summed E-state index contributed by atoms with van der Waals surface area (Å²) in [5, 5.41) is 3.52. The van der Waals surface area contributed by atoms with E-state index >= 15 is 0 Å². The first kappa shape index (κ1) is 20.8. The molecular formula is C24H22N6O2. The van der Waals surface area contributed by atoms with Crippen molar-refractivity contribution in [1.82, 2.24) is 14.5 Å². The van der Waals surface area contributed by atoms with Gasteiger partial charge in [-0.2, -0.15) is 0 Å². The number of aromatic nitrogens is 3. The topological polar surface area (TPSA) is 129 Å². The molecule has 32 heavy (non-hydrogen) atoms. The minimum Gasteiger partial charge on any atom is -0.383 e. The van der Waals surface area contributed by atoms with Gasteiger partial charge in [0, 0.05) is 29.4 Å². The number of aryl methyl sites for hydroxylation is 1. The van der Waals surface area contributed by atoms with Crippen LogP contribution in [0, 0.1) is 0 Å². The molecule has 4 aromatic rings. The third kappa shape index (κ3) is 3.58. The number of carbonyl (C=O) groups is 2. The van der Waals surface area contributed by atoms with Crippen molar-refractivity contribution in [3.63, 3.8) is 0 Å². The molecule has 0 aliphatic rings. The van der Waals surface area contributed by atoms with Crippen molar-refractivity contribution in [2.75, 3.05) is 11.1 Å². The van der Waals surface area contributed by atoms with E-state index in [9.17, 15) is 9.59 Å². The summed E-state index contributed by atoms with van der Waals surface area (Å²) in [5.74, 6) is -0.373. The van der Waals surface area contributed by atoms with Crippen LogP contribution in [0.3, 0.4) is 0 Å². The maximum atomic E-state index is 11.9. The van der Waals surface area contributed by atoms with Crippen molar-refractivity contribution >= 4 is 34.4 Å². The van der Waals surface area contributed by atoms with Gasteiger partial charge in [-0.1, -0.05) is 30.8 Å². The van der Waals surface area contributed by atoms with Gasteiger partial charge in [0.05, 0.1) is 11.1 Å². The van der Waals surface area contributed by atoms with E-state index in [0.717, 1.165) is 27.8 Å². The van der Waals surface area contributed by atoms with E-state index in [-0.39, 0.29) is 5.91 Å². The van der Waals surface area contributed by atoms with Crippen LogP contribution in [0.15, 0.2) is 67.0 Å². The highest BCUT2D eigenvalue weighted by Crippen LogP contribution is 2.41. The maximum absolute atomic E-state index is 11.9. The molecule has 0 radical (unpaired) electrons. The summed E-state index contributed by atoms with van der Waals surface area (Å²) < 4.78 is 1.95. The number of amides is 2. The second-order valence-electron chi connectivity index (χ2n) is 7.49. The Labute approximate surface area is 184 Å². The molecule has 0 aliphatic carbocycles. The van der Waals surface area contributed by atoms with E-state index in [1.165, 1.54) is 6.33 Å². The second-order valence-corrected chi connectivity index (χ2v) is 7.49. The molecule has 0 unspecified atom stereocenters. The van der Waals surface area contributed by atoms with Gasteiger partial charge in [0.15, 0.2) is 0 Å². The van der Waals surface area contributed by atoms with E-state index in [4.69, 9.17) is 11.5 Å². The van der Waals surface area contributed by atoms with Gasteiger partial charge in [-0.15, -0.1) is 0 Å². The second kappa shape index (κ2) is 7.99. The summed E-state index contributed by atoms with van der Waals surface area (Å²) in [5.41, 5.74) is 17.3. The van der Waals surface area contributed by atoms with Crippen LogP contribution in [0.5, 0.6) is 0 Å². The van der Waals surface area contributed by atoms with Gasteiger partial charge in [0.2, 0.25) is 5.91 Å². The van der Waals surface area contributed by atoms with Crippen molar-refractivity contribution < 1.29 is 9.59 Å². The number of hydrogen-bond donors (Lipinski definition) is 3. The Morgan fingerprint density at radius 1 is 1.00 bits per heavy atom. The fourth-order valence-electron chi connectivity index (χ4n) is 3.65. The van der Waals surface area contributed by atoms with Crippen molar-refractivity contribution in [3.8, 4) is 22.4 Å². The summed E-state index contributed by atoms with van der Waals surface area (Å²) >= 11 is 0. The lowest BCUT2D eigenvalue weighted by Gasteiger charge is -2.11. The maximum Gasteiger partial charge on any atom is 0.250 e. The number of nitrogens with one attached hydrogen (secondary N) is 1. The van der Waals surface area contributed by atoms with Crippen molar-refractivity contribution in [1.29, 1.82) is 0 Å². The Hall–Kier alpha value is -4.46. The number of fused-ring (bicyclic) bond motifs is 1. The molecule has 0 aliphatic heterocycles. The SMILES string of the molecule is C=C(C)C(=O)Nc1ccc(-c2c(-c3ccc(C(N)=O)cc3)c3c(N)ncnc3n2C)cc1. The van der Waals surface area contributed by atoms with Crippen LogP contribution in [0.4, 0.5) is 11.5 Å². The van der Waals surface area contributed by atoms with Gasteiger partial charge in [-0.25, -0.2) is 9.97 Å². The standard InChI is InChI=1S/C24H22N6O2/c1-13(2)24(32)29-17-10-8-15(9-11-17)20-18(14-4-6-16(7-5-14)22(26)31)19-21(25)27-12-28-23(19)30(20)3/h4-12H,1H2,2-3H3,(H2,26,31)(H,29,32)(H2,25,27,28). The molecule has 2 heterocycles. The van der Waals surface area contributed by atoms with Gasteiger partial charge in [-0.05, 0) is 42.3 Å². The number of anilines is 2. The van der Waals surface area contributed by atoms with Gasteiger partial charge < -0.3 is 21.4 Å². The zero-order chi connectivity index (χ0) is 23.0.